The molecule has 0 aliphatic rings. The standard InChI is InChI=1S/C11H15BrClN3OS/c1-17-5-4-16(3-2-10(14)18)11-9(12)6-8(13)7-15-11/h6-7H,2-5H2,1H3,(H2,14,18). The molecule has 7 heteroatoms. The summed E-state index contributed by atoms with van der Waals surface area (Å²) in [4.78, 5) is 6.86. The van der Waals surface area contributed by atoms with Gasteiger partial charge in [-0.2, -0.15) is 0 Å². The maximum atomic E-state index is 5.88. The van der Waals surface area contributed by atoms with Crippen molar-refractivity contribution >= 4 is 50.6 Å². The highest BCUT2D eigenvalue weighted by Gasteiger charge is 2.12. The highest BCUT2D eigenvalue weighted by atomic mass is 79.9. The van der Waals surface area contributed by atoms with Crippen molar-refractivity contribution in [1.29, 1.82) is 0 Å². The van der Waals surface area contributed by atoms with E-state index in [0.29, 0.717) is 36.1 Å². The summed E-state index contributed by atoms with van der Waals surface area (Å²) in [7, 11) is 1.66. The molecule has 0 radical (unpaired) electrons. The second-order valence-corrected chi connectivity index (χ2v) is 5.47. The first-order valence-electron chi connectivity index (χ1n) is 5.38. The van der Waals surface area contributed by atoms with Gasteiger partial charge < -0.3 is 15.4 Å². The monoisotopic (exact) mass is 351 g/mol. The van der Waals surface area contributed by atoms with E-state index >= 15 is 0 Å². The topological polar surface area (TPSA) is 51.4 Å². The van der Waals surface area contributed by atoms with Crippen LogP contribution < -0.4 is 10.6 Å². The van der Waals surface area contributed by atoms with E-state index in [9.17, 15) is 0 Å². The zero-order chi connectivity index (χ0) is 13.5. The zero-order valence-corrected chi connectivity index (χ0v) is 13.2. The van der Waals surface area contributed by atoms with Crippen molar-refractivity contribution in [3.8, 4) is 0 Å². The van der Waals surface area contributed by atoms with E-state index in [-0.39, 0.29) is 0 Å². The normalized spacial score (nSPS) is 10.4. The van der Waals surface area contributed by atoms with Gasteiger partial charge in [0.25, 0.3) is 0 Å². The average molecular weight is 353 g/mol. The van der Waals surface area contributed by atoms with Crippen LogP contribution in [-0.4, -0.2) is 36.8 Å². The molecule has 4 nitrogen and oxygen atoms in total. The quantitative estimate of drug-likeness (QED) is 0.765. The number of thiocarbonyl (C=S) groups is 1. The van der Waals surface area contributed by atoms with Crippen LogP contribution in [0.1, 0.15) is 6.42 Å². The van der Waals surface area contributed by atoms with Crippen LogP contribution in [0, 0.1) is 0 Å². The molecule has 18 heavy (non-hydrogen) atoms. The summed E-state index contributed by atoms with van der Waals surface area (Å²) < 4.78 is 5.93. The maximum Gasteiger partial charge on any atom is 0.143 e. The second-order valence-electron chi connectivity index (χ2n) is 3.66. The van der Waals surface area contributed by atoms with Gasteiger partial charge in [0.15, 0.2) is 0 Å². The van der Waals surface area contributed by atoms with E-state index < -0.39 is 0 Å². The highest BCUT2D eigenvalue weighted by Crippen LogP contribution is 2.26. The van der Waals surface area contributed by atoms with Crippen LogP contribution in [0.2, 0.25) is 5.02 Å². The highest BCUT2D eigenvalue weighted by molar-refractivity contribution is 9.10. The van der Waals surface area contributed by atoms with Crippen molar-refractivity contribution in [2.24, 2.45) is 5.73 Å². The fraction of sp³-hybridized carbons (Fsp3) is 0.455. The summed E-state index contributed by atoms with van der Waals surface area (Å²) in [6, 6.07) is 1.81. The van der Waals surface area contributed by atoms with Crippen LogP contribution in [0.4, 0.5) is 5.82 Å². The van der Waals surface area contributed by atoms with Gasteiger partial charge in [0.1, 0.15) is 5.82 Å². The van der Waals surface area contributed by atoms with Gasteiger partial charge in [0.2, 0.25) is 0 Å². The van der Waals surface area contributed by atoms with E-state index in [1.165, 1.54) is 0 Å². The first kappa shape index (κ1) is 15.6. The molecule has 0 atom stereocenters. The number of halogens is 2. The molecule has 0 aromatic carbocycles. The van der Waals surface area contributed by atoms with Crippen molar-refractivity contribution < 1.29 is 4.74 Å². The molecule has 0 aliphatic heterocycles. The van der Waals surface area contributed by atoms with Crippen LogP contribution in [-0.2, 0) is 4.74 Å². The fourth-order valence-corrected chi connectivity index (χ4v) is 2.39. The largest absolute Gasteiger partial charge is 0.393 e. The molecule has 0 amide bonds. The molecule has 1 aromatic heterocycles. The molecule has 0 bridgehead atoms. The predicted molar refractivity (Wildman–Crippen MR) is 82.4 cm³/mol. The van der Waals surface area contributed by atoms with Crippen LogP contribution in [0.15, 0.2) is 16.7 Å². The van der Waals surface area contributed by atoms with Gasteiger partial charge in [-0.05, 0) is 22.0 Å². The minimum atomic E-state index is 0.488. The van der Waals surface area contributed by atoms with E-state index in [0.717, 1.165) is 10.3 Å². The molecule has 0 fully saturated rings. The Bertz CT molecular complexity index is 419. The van der Waals surface area contributed by atoms with Crippen LogP contribution >= 0.6 is 39.7 Å². The van der Waals surface area contributed by atoms with Gasteiger partial charge in [0, 0.05) is 32.8 Å². The Balaban J connectivity index is 2.82. The SMILES string of the molecule is COCCN(CCC(N)=S)c1ncc(Cl)cc1Br. The lowest BCUT2D eigenvalue weighted by Crippen LogP contribution is -2.31. The van der Waals surface area contributed by atoms with Crippen LogP contribution in [0.3, 0.4) is 0 Å². The summed E-state index contributed by atoms with van der Waals surface area (Å²) in [5.41, 5.74) is 5.53. The lowest BCUT2D eigenvalue weighted by Gasteiger charge is -2.24. The summed E-state index contributed by atoms with van der Waals surface area (Å²) >= 11 is 14.2. The van der Waals surface area contributed by atoms with E-state index in [4.69, 9.17) is 34.3 Å². The molecular formula is C11H15BrClN3OS. The van der Waals surface area contributed by atoms with E-state index in [1.807, 2.05) is 6.07 Å². The molecule has 0 saturated carbocycles. The van der Waals surface area contributed by atoms with E-state index in [1.54, 1.807) is 13.3 Å². The Morgan fingerprint density at radius 2 is 2.33 bits per heavy atom. The van der Waals surface area contributed by atoms with Crippen molar-refractivity contribution in [3.05, 3.63) is 21.8 Å². The maximum absolute atomic E-state index is 5.88. The van der Waals surface area contributed by atoms with Crippen molar-refractivity contribution in [2.45, 2.75) is 6.42 Å². The molecule has 0 spiro atoms. The number of ether oxygens (including phenoxy) is 1. The van der Waals surface area contributed by atoms with Crippen molar-refractivity contribution in [3.63, 3.8) is 0 Å². The minimum absolute atomic E-state index is 0.488. The van der Waals surface area contributed by atoms with Gasteiger partial charge in [-0.3, -0.25) is 0 Å². The number of pyridine rings is 1. The number of hydrogen-bond acceptors (Lipinski definition) is 4. The lowest BCUT2D eigenvalue weighted by atomic mass is 10.3. The van der Waals surface area contributed by atoms with Gasteiger partial charge in [-0.15, -0.1) is 0 Å². The smallest absolute Gasteiger partial charge is 0.143 e. The van der Waals surface area contributed by atoms with Gasteiger partial charge >= 0.3 is 0 Å². The Labute approximate surface area is 126 Å². The number of methoxy groups -OCH3 is 1. The number of anilines is 1. The zero-order valence-electron chi connectivity index (χ0n) is 10.0. The Morgan fingerprint density at radius 3 is 2.89 bits per heavy atom. The summed E-state index contributed by atoms with van der Waals surface area (Å²) in [6.45, 7) is 2.02. The second kappa shape index (κ2) is 7.89. The number of hydrogen-bond donors (Lipinski definition) is 1. The third-order valence-corrected chi connectivity index (χ3v) is 3.28. The molecule has 0 aliphatic carbocycles. The lowest BCUT2D eigenvalue weighted by molar-refractivity contribution is 0.205. The third-order valence-electron chi connectivity index (χ3n) is 2.28. The molecule has 2 N–H and O–H groups in total. The Hall–Kier alpha value is -0.430. The number of aromatic nitrogens is 1. The summed E-state index contributed by atoms with van der Waals surface area (Å²) in [5, 5.41) is 0.590. The predicted octanol–water partition coefficient (Wildman–Crippen LogP) is 2.63. The molecular weight excluding hydrogens is 338 g/mol. The third kappa shape index (κ3) is 5.06. The molecule has 100 valence electrons. The van der Waals surface area contributed by atoms with Gasteiger partial charge in [-0.1, -0.05) is 23.8 Å². The first-order chi connectivity index (χ1) is 8.54. The minimum Gasteiger partial charge on any atom is -0.393 e. The van der Waals surface area contributed by atoms with Crippen molar-refractivity contribution in [2.75, 3.05) is 31.7 Å². The fourth-order valence-electron chi connectivity index (χ4n) is 1.41. The molecule has 0 saturated heterocycles. The molecule has 1 rings (SSSR count). The summed E-state index contributed by atoms with van der Waals surface area (Å²) in [5.74, 6) is 0.813. The van der Waals surface area contributed by atoms with Gasteiger partial charge in [0.05, 0.1) is 21.1 Å². The summed E-state index contributed by atoms with van der Waals surface area (Å²) in [6.07, 6.45) is 2.25. The Kier molecular flexibility index (Phi) is 6.85. The van der Waals surface area contributed by atoms with E-state index in [2.05, 4.69) is 25.8 Å². The molecule has 0 unspecified atom stereocenters. The number of nitrogens with two attached hydrogens (primary N) is 1. The van der Waals surface area contributed by atoms with Crippen LogP contribution in [0.5, 0.6) is 0 Å². The number of rotatable bonds is 7. The van der Waals surface area contributed by atoms with Gasteiger partial charge in [-0.25, -0.2) is 4.98 Å². The number of nitrogens with zero attached hydrogens (tertiary/aromatic N) is 2. The molecule has 1 heterocycles. The van der Waals surface area contributed by atoms with Crippen LogP contribution in [0.25, 0.3) is 0 Å². The Morgan fingerprint density at radius 1 is 1.61 bits per heavy atom. The van der Waals surface area contributed by atoms with Crippen molar-refractivity contribution in [1.82, 2.24) is 4.98 Å². The average Bonchev–Trinajstić information content (AvgIpc) is 2.30. The molecule has 1 aromatic rings. The first-order valence-corrected chi connectivity index (χ1v) is 6.95.